The highest BCUT2D eigenvalue weighted by Gasteiger charge is 2.24. The van der Waals surface area contributed by atoms with Gasteiger partial charge in [0.1, 0.15) is 5.82 Å². The Morgan fingerprint density at radius 2 is 1.90 bits per heavy atom. The summed E-state index contributed by atoms with van der Waals surface area (Å²) in [6.07, 6.45) is 3.48. The third-order valence-electron chi connectivity index (χ3n) is 3.93. The van der Waals surface area contributed by atoms with Crippen molar-refractivity contribution < 1.29 is 9.18 Å². The molecule has 0 bridgehead atoms. The SMILES string of the molecule is O=C(c1ccc(F)c(Cl)c1)c1ccccc1C1CCC1. The third-order valence-corrected chi connectivity index (χ3v) is 4.22. The van der Waals surface area contributed by atoms with Crippen molar-refractivity contribution in [1.29, 1.82) is 0 Å². The molecule has 0 unspecified atom stereocenters. The van der Waals surface area contributed by atoms with E-state index in [1.54, 1.807) is 0 Å². The first-order valence-electron chi connectivity index (χ1n) is 6.75. The van der Waals surface area contributed by atoms with Crippen LogP contribution in [0.5, 0.6) is 0 Å². The van der Waals surface area contributed by atoms with E-state index in [4.69, 9.17) is 11.6 Å². The first-order valence-corrected chi connectivity index (χ1v) is 7.13. The molecule has 0 saturated heterocycles. The quantitative estimate of drug-likeness (QED) is 0.728. The predicted molar refractivity (Wildman–Crippen MR) is 77.9 cm³/mol. The molecule has 1 saturated carbocycles. The third kappa shape index (κ3) is 2.36. The number of benzene rings is 2. The number of carbonyl (C=O) groups is 1. The lowest BCUT2D eigenvalue weighted by Gasteiger charge is -2.27. The summed E-state index contributed by atoms with van der Waals surface area (Å²) < 4.78 is 13.2. The molecule has 1 aliphatic carbocycles. The molecule has 0 heterocycles. The molecule has 3 heteroatoms. The van der Waals surface area contributed by atoms with Gasteiger partial charge >= 0.3 is 0 Å². The molecule has 2 aromatic carbocycles. The lowest BCUT2D eigenvalue weighted by Crippen LogP contribution is -2.14. The van der Waals surface area contributed by atoms with Crippen molar-refractivity contribution in [2.24, 2.45) is 0 Å². The molecule has 1 aliphatic rings. The first kappa shape index (κ1) is 13.3. The Bertz CT molecular complexity index is 662. The summed E-state index contributed by atoms with van der Waals surface area (Å²) in [5.74, 6) is -0.115. The van der Waals surface area contributed by atoms with E-state index < -0.39 is 5.82 Å². The largest absolute Gasteiger partial charge is 0.289 e. The molecule has 0 radical (unpaired) electrons. The number of hydrogen-bond donors (Lipinski definition) is 0. The molecule has 0 aliphatic heterocycles. The van der Waals surface area contributed by atoms with E-state index >= 15 is 0 Å². The van der Waals surface area contributed by atoms with E-state index in [0.29, 0.717) is 17.0 Å². The van der Waals surface area contributed by atoms with Crippen LogP contribution in [0.2, 0.25) is 5.02 Å². The van der Waals surface area contributed by atoms with E-state index in [9.17, 15) is 9.18 Å². The topological polar surface area (TPSA) is 17.1 Å². The Morgan fingerprint density at radius 1 is 1.15 bits per heavy atom. The second-order valence-corrected chi connectivity index (χ2v) is 5.58. The summed E-state index contributed by atoms with van der Waals surface area (Å²) in [7, 11) is 0. The molecule has 1 nitrogen and oxygen atoms in total. The Balaban J connectivity index is 1.99. The summed E-state index contributed by atoms with van der Waals surface area (Å²) in [5.41, 5.74) is 2.24. The summed E-state index contributed by atoms with van der Waals surface area (Å²) in [4.78, 5) is 12.6. The van der Waals surface area contributed by atoms with Gasteiger partial charge in [-0.1, -0.05) is 42.3 Å². The van der Waals surface area contributed by atoms with Gasteiger partial charge in [-0.3, -0.25) is 4.79 Å². The van der Waals surface area contributed by atoms with Crippen molar-refractivity contribution in [3.63, 3.8) is 0 Å². The van der Waals surface area contributed by atoms with Gasteiger partial charge in [0.2, 0.25) is 0 Å². The number of rotatable bonds is 3. The van der Waals surface area contributed by atoms with Gasteiger partial charge in [-0.2, -0.15) is 0 Å². The molecule has 0 atom stereocenters. The summed E-state index contributed by atoms with van der Waals surface area (Å²) >= 11 is 5.76. The van der Waals surface area contributed by atoms with E-state index in [1.807, 2.05) is 24.3 Å². The maximum Gasteiger partial charge on any atom is 0.193 e. The Labute approximate surface area is 122 Å². The molecule has 2 aromatic rings. The van der Waals surface area contributed by atoms with Crippen LogP contribution in [0.4, 0.5) is 4.39 Å². The molecular weight excluding hydrogens is 275 g/mol. The highest BCUT2D eigenvalue weighted by molar-refractivity contribution is 6.31. The summed E-state index contributed by atoms with van der Waals surface area (Å²) in [6.45, 7) is 0. The van der Waals surface area contributed by atoms with Crippen LogP contribution in [0.15, 0.2) is 42.5 Å². The Hall–Kier alpha value is -1.67. The molecule has 102 valence electrons. The maximum atomic E-state index is 13.2. The van der Waals surface area contributed by atoms with Gasteiger partial charge in [-0.25, -0.2) is 4.39 Å². The van der Waals surface area contributed by atoms with Crippen LogP contribution in [-0.4, -0.2) is 5.78 Å². The smallest absolute Gasteiger partial charge is 0.193 e. The molecule has 1 fully saturated rings. The van der Waals surface area contributed by atoms with Gasteiger partial charge in [0.05, 0.1) is 5.02 Å². The Kier molecular flexibility index (Phi) is 3.58. The van der Waals surface area contributed by atoms with Crippen LogP contribution >= 0.6 is 11.6 Å². The molecule has 0 N–H and O–H groups in total. The van der Waals surface area contributed by atoms with Crippen LogP contribution in [-0.2, 0) is 0 Å². The van der Waals surface area contributed by atoms with Gasteiger partial charge in [0, 0.05) is 11.1 Å². The van der Waals surface area contributed by atoms with E-state index in [2.05, 4.69) is 0 Å². The predicted octanol–water partition coefficient (Wildman–Crippen LogP) is 4.98. The average molecular weight is 289 g/mol. The minimum absolute atomic E-state index is 0.0167. The normalized spacial score (nSPS) is 14.9. The zero-order chi connectivity index (χ0) is 14.1. The van der Waals surface area contributed by atoms with Crippen LogP contribution in [0.3, 0.4) is 0 Å². The monoisotopic (exact) mass is 288 g/mol. The fourth-order valence-electron chi connectivity index (χ4n) is 2.57. The standard InChI is InChI=1S/C17H14ClFO/c18-15-10-12(8-9-16(15)19)17(20)14-7-2-1-6-13(14)11-4-3-5-11/h1-2,6-11H,3-5H2. The van der Waals surface area contributed by atoms with E-state index in [0.717, 1.165) is 18.4 Å². The van der Waals surface area contributed by atoms with Crippen molar-refractivity contribution in [3.05, 3.63) is 70.0 Å². The zero-order valence-corrected chi connectivity index (χ0v) is 11.7. The molecule has 0 aromatic heterocycles. The zero-order valence-electron chi connectivity index (χ0n) is 10.9. The van der Waals surface area contributed by atoms with Crippen LogP contribution in [0, 0.1) is 5.82 Å². The molecule has 0 amide bonds. The van der Waals surface area contributed by atoms with E-state index in [1.165, 1.54) is 24.6 Å². The highest BCUT2D eigenvalue weighted by atomic mass is 35.5. The van der Waals surface area contributed by atoms with Gasteiger partial charge in [0.25, 0.3) is 0 Å². The van der Waals surface area contributed by atoms with Gasteiger partial charge < -0.3 is 0 Å². The lowest BCUT2D eigenvalue weighted by molar-refractivity contribution is 0.103. The van der Waals surface area contributed by atoms with Crippen LogP contribution < -0.4 is 0 Å². The molecular formula is C17H14ClFO. The van der Waals surface area contributed by atoms with Crippen LogP contribution in [0.1, 0.15) is 46.7 Å². The minimum atomic E-state index is -0.504. The van der Waals surface area contributed by atoms with Crippen molar-refractivity contribution in [2.75, 3.05) is 0 Å². The second kappa shape index (κ2) is 5.37. The molecule has 0 spiro atoms. The van der Waals surface area contributed by atoms with Crippen molar-refractivity contribution in [1.82, 2.24) is 0 Å². The molecule has 3 rings (SSSR count). The Morgan fingerprint density at radius 3 is 2.55 bits per heavy atom. The second-order valence-electron chi connectivity index (χ2n) is 5.17. The van der Waals surface area contributed by atoms with Crippen molar-refractivity contribution in [2.45, 2.75) is 25.2 Å². The number of ketones is 1. The molecule has 20 heavy (non-hydrogen) atoms. The highest BCUT2D eigenvalue weighted by Crippen LogP contribution is 2.38. The average Bonchev–Trinajstić information content (AvgIpc) is 2.40. The summed E-state index contributed by atoms with van der Waals surface area (Å²) in [5, 5.41) is -0.0167. The van der Waals surface area contributed by atoms with Gasteiger partial charge in [-0.05, 0) is 42.5 Å². The first-order chi connectivity index (χ1) is 9.66. The lowest BCUT2D eigenvalue weighted by atomic mass is 9.77. The number of hydrogen-bond acceptors (Lipinski definition) is 1. The van der Waals surface area contributed by atoms with Gasteiger partial charge in [0.15, 0.2) is 5.78 Å². The maximum absolute atomic E-state index is 13.2. The number of halogens is 2. The number of carbonyl (C=O) groups excluding carboxylic acids is 1. The minimum Gasteiger partial charge on any atom is -0.289 e. The van der Waals surface area contributed by atoms with E-state index in [-0.39, 0.29) is 10.8 Å². The fourth-order valence-corrected chi connectivity index (χ4v) is 2.75. The van der Waals surface area contributed by atoms with Crippen molar-refractivity contribution >= 4 is 17.4 Å². The van der Waals surface area contributed by atoms with Crippen molar-refractivity contribution in [3.8, 4) is 0 Å². The fraction of sp³-hybridized carbons (Fsp3) is 0.235. The van der Waals surface area contributed by atoms with Crippen LogP contribution in [0.25, 0.3) is 0 Å². The van der Waals surface area contributed by atoms with Gasteiger partial charge in [-0.15, -0.1) is 0 Å². The summed E-state index contributed by atoms with van der Waals surface area (Å²) in [6, 6.07) is 11.8.